The lowest BCUT2D eigenvalue weighted by Gasteiger charge is -2.14. The Hall–Kier alpha value is -1.02. The van der Waals surface area contributed by atoms with Gasteiger partial charge in [0.25, 0.3) is 0 Å². The van der Waals surface area contributed by atoms with Crippen molar-refractivity contribution < 1.29 is 0 Å². The minimum absolute atomic E-state index is 0.769. The van der Waals surface area contributed by atoms with Crippen molar-refractivity contribution in [3.05, 3.63) is 29.3 Å². The van der Waals surface area contributed by atoms with E-state index in [-0.39, 0.29) is 0 Å². The van der Waals surface area contributed by atoms with E-state index in [4.69, 9.17) is 0 Å². The van der Waals surface area contributed by atoms with Crippen LogP contribution in [0.25, 0.3) is 0 Å². The first-order chi connectivity index (χ1) is 8.33. The summed E-state index contributed by atoms with van der Waals surface area (Å²) in [6.07, 6.45) is 6.77. The predicted molar refractivity (Wildman–Crippen MR) is 72.5 cm³/mol. The van der Waals surface area contributed by atoms with Crippen LogP contribution in [0.5, 0.6) is 0 Å². The molecule has 0 aromatic heterocycles. The molecule has 1 aliphatic carbocycles. The Bertz CT molecular complexity index is 394. The van der Waals surface area contributed by atoms with E-state index < -0.39 is 0 Å². The van der Waals surface area contributed by atoms with Gasteiger partial charge in [0, 0.05) is 31.9 Å². The van der Waals surface area contributed by atoms with Crippen molar-refractivity contribution >= 4 is 5.69 Å². The summed E-state index contributed by atoms with van der Waals surface area (Å²) in [5.74, 6) is 0. The molecule has 0 unspecified atom stereocenters. The van der Waals surface area contributed by atoms with Crippen molar-refractivity contribution in [1.29, 1.82) is 0 Å². The van der Waals surface area contributed by atoms with Gasteiger partial charge in [-0.2, -0.15) is 0 Å². The molecule has 0 radical (unpaired) electrons. The third kappa shape index (κ3) is 2.32. The summed E-state index contributed by atoms with van der Waals surface area (Å²) in [5, 5.41) is 3.69. The van der Waals surface area contributed by atoms with Crippen LogP contribution in [0.2, 0.25) is 0 Å². The standard InChI is InChI=1S/C15H22N2/c1-17-9-8-13-10-12(6-7-15(13)17)11-16-14-4-2-3-5-14/h6-7,10,14,16H,2-5,8-9,11H2,1H3. The van der Waals surface area contributed by atoms with E-state index in [9.17, 15) is 0 Å². The van der Waals surface area contributed by atoms with Gasteiger partial charge in [0.15, 0.2) is 0 Å². The Morgan fingerprint density at radius 3 is 2.94 bits per heavy atom. The molecule has 0 bridgehead atoms. The average Bonchev–Trinajstić information content (AvgIpc) is 2.97. The largest absolute Gasteiger partial charge is 0.374 e. The zero-order valence-corrected chi connectivity index (χ0v) is 10.7. The smallest absolute Gasteiger partial charge is 0.0397 e. The lowest BCUT2D eigenvalue weighted by molar-refractivity contribution is 0.524. The molecule has 92 valence electrons. The summed E-state index contributed by atoms with van der Waals surface area (Å²) in [5.41, 5.74) is 4.40. The molecule has 2 heteroatoms. The molecule has 1 aromatic rings. The van der Waals surface area contributed by atoms with E-state index in [1.807, 2.05) is 0 Å². The summed E-state index contributed by atoms with van der Waals surface area (Å²) < 4.78 is 0. The molecule has 1 fully saturated rings. The molecule has 2 aliphatic rings. The zero-order chi connectivity index (χ0) is 11.7. The topological polar surface area (TPSA) is 15.3 Å². The number of fused-ring (bicyclic) bond motifs is 1. The number of nitrogens with one attached hydrogen (secondary N) is 1. The normalized spacial score (nSPS) is 19.9. The van der Waals surface area contributed by atoms with Gasteiger partial charge >= 0.3 is 0 Å². The molecule has 0 atom stereocenters. The van der Waals surface area contributed by atoms with Crippen LogP contribution in [-0.4, -0.2) is 19.6 Å². The fourth-order valence-corrected chi connectivity index (χ4v) is 3.12. The molecule has 1 heterocycles. The minimum Gasteiger partial charge on any atom is -0.374 e. The number of hydrogen-bond donors (Lipinski definition) is 1. The molecule has 2 nitrogen and oxygen atoms in total. The maximum Gasteiger partial charge on any atom is 0.0397 e. The highest BCUT2D eigenvalue weighted by molar-refractivity contribution is 5.58. The minimum atomic E-state index is 0.769. The number of rotatable bonds is 3. The number of hydrogen-bond acceptors (Lipinski definition) is 2. The van der Waals surface area contributed by atoms with E-state index in [1.165, 1.54) is 55.5 Å². The molecule has 1 aliphatic heterocycles. The van der Waals surface area contributed by atoms with Gasteiger partial charge in [0.05, 0.1) is 0 Å². The molecule has 17 heavy (non-hydrogen) atoms. The lowest BCUT2D eigenvalue weighted by Crippen LogP contribution is -2.25. The summed E-state index contributed by atoms with van der Waals surface area (Å²) in [7, 11) is 2.18. The zero-order valence-electron chi connectivity index (χ0n) is 10.7. The van der Waals surface area contributed by atoms with Crippen molar-refractivity contribution in [3.8, 4) is 0 Å². The van der Waals surface area contributed by atoms with Crippen molar-refractivity contribution in [1.82, 2.24) is 5.32 Å². The molecule has 0 amide bonds. The maximum absolute atomic E-state index is 3.69. The van der Waals surface area contributed by atoms with E-state index in [2.05, 4.69) is 35.5 Å². The third-order valence-corrected chi connectivity index (χ3v) is 4.22. The summed E-state index contributed by atoms with van der Waals surface area (Å²) in [6, 6.07) is 7.73. The first kappa shape index (κ1) is 11.1. The number of benzene rings is 1. The van der Waals surface area contributed by atoms with Crippen LogP contribution >= 0.6 is 0 Å². The SMILES string of the molecule is CN1CCc2cc(CNC3CCCC3)ccc21. The van der Waals surface area contributed by atoms with Crippen LogP contribution in [0.4, 0.5) is 5.69 Å². The maximum atomic E-state index is 3.69. The van der Waals surface area contributed by atoms with Gasteiger partial charge in [-0.05, 0) is 36.5 Å². The molecule has 3 rings (SSSR count). The van der Waals surface area contributed by atoms with Crippen LogP contribution in [0.1, 0.15) is 36.8 Å². The van der Waals surface area contributed by atoms with Gasteiger partial charge in [0.2, 0.25) is 0 Å². The molecule has 0 saturated heterocycles. The van der Waals surface area contributed by atoms with Gasteiger partial charge in [-0.25, -0.2) is 0 Å². The van der Waals surface area contributed by atoms with Gasteiger partial charge in [-0.3, -0.25) is 0 Å². The van der Waals surface area contributed by atoms with Crippen LogP contribution in [0.15, 0.2) is 18.2 Å². The van der Waals surface area contributed by atoms with Crippen molar-refractivity contribution in [2.75, 3.05) is 18.5 Å². The second kappa shape index (κ2) is 4.69. The molecule has 1 aromatic carbocycles. The van der Waals surface area contributed by atoms with Gasteiger partial charge in [0.1, 0.15) is 0 Å². The van der Waals surface area contributed by atoms with Gasteiger partial charge in [-0.1, -0.05) is 25.0 Å². The summed E-state index contributed by atoms with van der Waals surface area (Å²) >= 11 is 0. The number of nitrogens with zero attached hydrogens (tertiary/aromatic N) is 1. The van der Waals surface area contributed by atoms with Crippen LogP contribution in [0, 0.1) is 0 Å². The highest BCUT2D eigenvalue weighted by atomic mass is 15.1. The first-order valence-corrected chi connectivity index (χ1v) is 6.89. The van der Waals surface area contributed by atoms with Gasteiger partial charge < -0.3 is 10.2 Å². The predicted octanol–water partition coefficient (Wildman–Crippen LogP) is 2.71. The van der Waals surface area contributed by atoms with Crippen LogP contribution in [-0.2, 0) is 13.0 Å². The molecule has 0 spiro atoms. The van der Waals surface area contributed by atoms with E-state index in [1.54, 1.807) is 0 Å². The lowest BCUT2D eigenvalue weighted by atomic mass is 10.1. The van der Waals surface area contributed by atoms with E-state index >= 15 is 0 Å². The average molecular weight is 230 g/mol. The summed E-state index contributed by atoms with van der Waals surface area (Å²) in [4.78, 5) is 2.35. The molecule has 1 N–H and O–H groups in total. The Balaban J connectivity index is 1.64. The Kier molecular flexibility index (Phi) is 3.06. The quantitative estimate of drug-likeness (QED) is 0.859. The van der Waals surface area contributed by atoms with Crippen LogP contribution < -0.4 is 10.2 Å². The molecular formula is C15H22N2. The first-order valence-electron chi connectivity index (χ1n) is 6.89. The third-order valence-electron chi connectivity index (χ3n) is 4.22. The fourth-order valence-electron chi connectivity index (χ4n) is 3.12. The van der Waals surface area contributed by atoms with E-state index in [0.29, 0.717) is 0 Å². The fraction of sp³-hybridized carbons (Fsp3) is 0.600. The highest BCUT2D eigenvalue weighted by Crippen LogP contribution is 2.27. The second-order valence-corrected chi connectivity index (χ2v) is 5.50. The number of anilines is 1. The van der Waals surface area contributed by atoms with Crippen molar-refractivity contribution in [2.24, 2.45) is 0 Å². The highest BCUT2D eigenvalue weighted by Gasteiger charge is 2.17. The monoisotopic (exact) mass is 230 g/mol. The second-order valence-electron chi connectivity index (χ2n) is 5.50. The van der Waals surface area contributed by atoms with Crippen molar-refractivity contribution in [2.45, 2.75) is 44.7 Å². The van der Waals surface area contributed by atoms with Crippen LogP contribution in [0.3, 0.4) is 0 Å². The number of likely N-dealkylation sites (N-methyl/N-ethyl adjacent to an activating group) is 1. The Labute approximate surface area is 104 Å². The molecular weight excluding hydrogens is 208 g/mol. The Morgan fingerprint density at radius 2 is 2.12 bits per heavy atom. The molecule has 1 saturated carbocycles. The van der Waals surface area contributed by atoms with Gasteiger partial charge in [-0.15, -0.1) is 0 Å². The Morgan fingerprint density at radius 1 is 1.29 bits per heavy atom. The summed E-state index contributed by atoms with van der Waals surface area (Å²) in [6.45, 7) is 2.22. The van der Waals surface area contributed by atoms with Crippen molar-refractivity contribution in [3.63, 3.8) is 0 Å². The van der Waals surface area contributed by atoms with E-state index in [0.717, 1.165) is 12.6 Å².